The molecule has 0 spiro atoms. The third-order valence-electron chi connectivity index (χ3n) is 5.60. The number of amides is 2. The van der Waals surface area contributed by atoms with E-state index in [1.807, 2.05) is 0 Å². The smallest absolute Gasteiger partial charge is 0.267 e. The standard InChI is InChI=1S/C18H13FN4O4.C7H8FN.C2H4N2O.CH4S/c19-11-7-10(22-17(26)18(9-24)4-5-18)1-2-12(11)27-13-3-6-20-16-15(13)23-14(25)8-21-16;1-9-7-4-2-6(8)3-5-7;3-1-2(4)5;1-2/h1-3,6-9H,4-5H2,(H,22,26)(H,23,25);2-5,9H,1H3;1,3H,(H2,4,5);2H,1H3. The fraction of sp³-hybridized carbons (Fsp3) is 0.179. The van der Waals surface area contributed by atoms with Gasteiger partial charge in [0.2, 0.25) is 5.91 Å². The molecule has 1 fully saturated rings. The fourth-order valence-electron chi connectivity index (χ4n) is 3.19. The van der Waals surface area contributed by atoms with Gasteiger partial charge in [-0.25, -0.2) is 18.7 Å². The summed E-state index contributed by atoms with van der Waals surface area (Å²) in [7, 11) is 1.80. The van der Waals surface area contributed by atoms with Gasteiger partial charge in [0.05, 0.1) is 12.4 Å². The van der Waals surface area contributed by atoms with Crippen LogP contribution in [-0.2, 0) is 14.4 Å². The molecule has 0 atom stereocenters. The Morgan fingerprint density at radius 3 is 2.23 bits per heavy atom. The zero-order valence-electron chi connectivity index (χ0n) is 23.1. The monoisotopic (exact) mass is 613 g/mol. The van der Waals surface area contributed by atoms with E-state index in [0.717, 1.165) is 18.0 Å². The second kappa shape index (κ2) is 16.3. The van der Waals surface area contributed by atoms with Gasteiger partial charge in [-0.05, 0) is 55.5 Å². The van der Waals surface area contributed by atoms with Crippen LogP contribution in [0.4, 0.5) is 20.2 Å². The number of H-pyrrole nitrogens is 1. The molecule has 226 valence electrons. The van der Waals surface area contributed by atoms with E-state index in [1.54, 1.807) is 25.4 Å². The van der Waals surface area contributed by atoms with Crippen LogP contribution in [0, 0.1) is 22.5 Å². The van der Waals surface area contributed by atoms with Gasteiger partial charge >= 0.3 is 0 Å². The van der Waals surface area contributed by atoms with Gasteiger partial charge in [-0.15, -0.1) is 0 Å². The number of fused-ring (bicyclic) bond motifs is 1. The number of ether oxygens (including phenoxy) is 1. The zero-order chi connectivity index (χ0) is 32.0. The molecule has 0 aliphatic heterocycles. The Kier molecular flexibility index (Phi) is 12.9. The minimum Gasteiger partial charge on any atom is -0.452 e. The highest BCUT2D eigenvalue weighted by atomic mass is 32.1. The summed E-state index contributed by atoms with van der Waals surface area (Å²) in [5.74, 6) is -2.01. The first-order valence-electron chi connectivity index (χ1n) is 12.4. The first-order chi connectivity index (χ1) is 20.6. The van der Waals surface area contributed by atoms with Crippen LogP contribution in [0.1, 0.15) is 12.8 Å². The largest absolute Gasteiger partial charge is 0.452 e. The highest BCUT2D eigenvalue weighted by Crippen LogP contribution is 2.44. The Labute approximate surface area is 250 Å². The maximum absolute atomic E-state index is 14.4. The number of aromatic nitrogens is 3. The lowest BCUT2D eigenvalue weighted by molar-refractivity contribution is -0.126. The number of hydrogen-bond donors (Lipinski definition) is 6. The summed E-state index contributed by atoms with van der Waals surface area (Å²) in [4.78, 5) is 54.3. The predicted molar refractivity (Wildman–Crippen MR) is 162 cm³/mol. The lowest BCUT2D eigenvalue weighted by Gasteiger charge is -2.12. The van der Waals surface area contributed by atoms with Gasteiger partial charge in [0.15, 0.2) is 23.0 Å². The van der Waals surface area contributed by atoms with Gasteiger partial charge < -0.3 is 36.3 Å². The van der Waals surface area contributed by atoms with Gasteiger partial charge in [0, 0.05) is 36.8 Å². The number of hydrogen-bond acceptors (Lipinski definition) is 10. The van der Waals surface area contributed by atoms with Crippen LogP contribution in [0.15, 0.2) is 65.7 Å². The maximum Gasteiger partial charge on any atom is 0.267 e. The van der Waals surface area contributed by atoms with E-state index in [1.165, 1.54) is 36.5 Å². The molecule has 5 rings (SSSR count). The predicted octanol–water partition coefficient (Wildman–Crippen LogP) is 3.70. The quantitative estimate of drug-likeness (QED) is 0.0786. The van der Waals surface area contributed by atoms with Crippen molar-refractivity contribution in [2.75, 3.05) is 23.9 Å². The first kappa shape index (κ1) is 34.0. The van der Waals surface area contributed by atoms with Crippen molar-refractivity contribution in [2.24, 2.45) is 11.1 Å². The van der Waals surface area contributed by atoms with Crippen LogP contribution >= 0.6 is 12.6 Å². The third kappa shape index (κ3) is 10.00. The third-order valence-corrected chi connectivity index (χ3v) is 5.60. The number of aromatic amines is 1. The van der Waals surface area contributed by atoms with Gasteiger partial charge in [-0.3, -0.25) is 14.4 Å². The highest BCUT2D eigenvalue weighted by Gasteiger charge is 2.50. The van der Waals surface area contributed by atoms with Crippen molar-refractivity contribution in [1.29, 1.82) is 5.41 Å². The van der Waals surface area contributed by atoms with Crippen LogP contribution < -0.4 is 26.7 Å². The number of thiol groups is 1. The molecule has 0 unspecified atom stereocenters. The molecule has 0 bridgehead atoms. The fourth-order valence-corrected chi connectivity index (χ4v) is 3.19. The van der Waals surface area contributed by atoms with E-state index in [2.05, 4.69) is 43.9 Å². The van der Waals surface area contributed by atoms with Crippen molar-refractivity contribution in [3.8, 4) is 11.5 Å². The van der Waals surface area contributed by atoms with E-state index in [4.69, 9.17) is 10.1 Å². The van der Waals surface area contributed by atoms with E-state index < -0.39 is 28.6 Å². The average Bonchev–Trinajstić information content (AvgIpc) is 3.82. The molecule has 2 amide bonds. The van der Waals surface area contributed by atoms with Crippen LogP contribution in [0.5, 0.6) is 11.5 Å². The van der Waals surface area contributed by atoms with Gasteiger partial charge in [-0.2, -0.15) is 12.6 Å². The number of carbonyl (C=O) groups is 3. The Morgan fingerprint density at radius 2 is 1.70 bits per heavy atom. The summed E-state index contributed by atoms with van der Waals surface area (Å²) in [5.41, 5.74) is 4.61. The molecule has 12 nitrogen and oxygen atoms in total. The van der Waals surface area contributed by atoms with Crippen molar-refractivity contribution >= 4 is 59.5 Å². The number of rotatable bonds is 7. The topological polar surface area (TPSA) is 193 Å². The van der Waals surface area contributed by atoms with Crippen LogP contribution in [-0.4, -0.2) is 52.6 Å². The molecule has 6 N–H and O–H groups in total. The van der Waals surface area contributed by atoms with E-state index in [-0.39, 0.29) is 34.2 Å². The minimum atomic E-state index is -0.986. The van der Waals surface area contributed by atoms with Crippen molar-refractivity contribution < 1.29 is 27.9 Å². The molecular formula is C28H29F2N7O5S. The Balaban J connectivity index is 0.000000333. The maximum atomic E-state index is 14.4. The Morgan fingerprint density at radius 1 is 1.07 bits per heavy atom. The van der Waals surface area contributed by atoms with Crippen molar-refractivity contribution in [3.05, 3.63) is 82.9 Å². The van der Waals surface area contributed by atoms with Crippen molar-refractivity contribution in [2.45, 2.75) is 12.8 Å². The molecule has 1 aliphatic carbocycles. The summed E-state index contributed by atoms with van der Waals surface area (Å²) in [6.45, 7) is 0. The molecule has 0 radical (unpaired) electrons. The number of anilines is 2. The SMILES string of the molecule is CNc1ccc(F)cc1.CS.N=CC(N)=O.O=CC1(C(=O)Nc2ccc(Oc3ccnc4ncc(=O)[nH]c34)c(F)c2)CC1. The molecule has 1 aliphatic rings. The van der Waals surface area contributed by atoms with Gasteiger partial charge in [0.25, 0.3) is 11.5 Å². The number of halogens is 2. The summed E-state index contributed by atoms with van der Waals surface area (Å²) >= 11 is 3.53. The Bertz CT molecular complexity index is 1630. The molecule has 2 heterocycles. The lowest BCUT2D eigenvalue weighted by Crippen LogP contribution is -2.25. The number of pyridine rings is 1. The molecule has 2 aromatic carbocycles. The molecular weight excluding hydrogens is 584 g/mol. The minimum absolute atomic E-state index is 0.110. The van der Waals surface area contributed by atoms with Crippen LogP contribution in [0.2, 0.25) is 0 Å². The molecule has 2 aromatic heterocycles. The van der Waals surface area contributed by atoms with E-state index in [0.29, 0.717) is 25.3 Å². The second-order valence-electron chi connectivity index (χ2n) is 8.53. The molecule has 0 saturated heterocycles. The molecule has 4 aromatic rings. The van der Waals surface area contributed by atoms with Crippen LogP contribution in [0.25, 0.3) is 11.2 Å². The normalized spacial score (nSPS) is 11.9. The lowest BCUT2D eigenvalue weighted by atomic mass is 10.1. The summed E-state index contributed by atoms with van der Waals surface area (Å²) in [6, 6.07) is 11.6. The van der Waals surface area contributed by atoms with Crippen molar-refractivity contribution in [3.63, 3.8) is 0 Å². The van der Waals surface area contributed by atoms with Gasteiger partial charge in [-0.1, -0.05) is 0 Å². The number of nitrogens with two attached hydrogens (primary N) is 1. The average molecular weight is 614 g/mol. The summed E-state index contributed by atoms with van der Waals surface area (Å²) < 4.78 is 32.1. The number of primary amides is 1. The molecule has 43 heavy (non-hydrogen) atoms. The number of aldehydes is 1. The van der Waals surface area contributed by atoms with Crippen molar-refractivity contribution in [1.82, 2.24) is 15.0 Å². The molecule has 1 saturated carbocycles. The second-order valence-corrected chi connectivity index (χ2v) is 8.53. The zero-order valence-corrected chi connectivity index (χ0v) is 24.0. The van der Waals surface area contributed by atoms with Crippen LogP contribution in [0.3, 0.4) is 0 Å². The first-order valence-corrected chi connectivity index (χ1v) is 13.3. The number of nitrogens with one attached hydrogen (secondary N) is 4. The number of carbonyl (C=O) groups excluding carboxylic acids is 3. The Hall–Kier alpha value is -5.18. The van der Waals surface area contributed by atoms with Gasteiger partial charge in [0.1, 0.15) is 23.0 Å². The molecule has 15 heteroatoms. The number of benzene rings is 2. The van der Waals surface area contributed by atoms with E-state index >= 15 is 0 Å². The highest BCUT2D eigenvalue weighted by molar-refractivity contribution is 7.79. The number of nitrogens with zero attached hydrogens (tertiary/aromatic N) is 2. The van der Waals surface area contributed by atoms with E-state index in [9.17, 15) is 28.0 Å². The summed E-state index contributed by atoms with van der Waals surface area (Å²) in [6.07, 6.45) is 6.37. The summed E-state index contributed by atoms with van der Waals surface area (Å²) in [5, 5.41) is 11.5.